The Labute approximate surface area is 62.0 Å². The van der Waals surface area contributed by atoms with Crippen LogP contribution in [0.4, 0.5) is 0 Å². The van der Waals surface area contributed by atoms with Crippen LogP contribution in [0.15, 0.2) is 0 Å². The van der Waals surface area contributed by atoms with Crippen molar-refractivity contribution in [1.82, 2.24) is 10.2 Å². The zero-order valence-electron chi connectivity index (χ0n) is 6.67. The molecule has 0 aromatic rings. The van der Waals surface area contributed by atoms with Crippen LogP contribution in [0, 0.1) is 5.92 Å². The lowest BCUT2D eigenvalue weighted by atomic mass is 10.1. The van der Waals surface area contributed by atoms with Gasteiger partial charge in [-0.25, -0.2) is 0 Å². The summed E-state index contributed by atoms with van der Waals surface area (Å²) < 4.78 is 0. The third kappa shape index (κ3) is 1.94. The zero-order valence-corrected chi connectivity index (χ0v) is 6.67. The summed E-state index contributed by atoms with van der Waals surface area (Å²) in [6, 6.07) is 0. The topological polar surface area (TPSA) is 35.5 Å². The summed E-state index contributed by atoms with van der Waals surface area (Å²) in [5.74, 6) is 0.426. The van der Waals surface area contributed by atoms with E-state index < -0.39 is 0 Å². The molecule has 0 aromatic heterocycles. The lowest BCUT2D eigenvalue weighted by molar-refractivity contribution is 0.129. The average Bonchev–Trinajstić information content (AvgIpc) is 2.15. The summed E-state index contributed by atoms with van der Waals surface area (Å²) in [7, 11) is 4.07. The van der Waals surface area contributed by atoms with Crippen LogP contribution in [0.25, 0.3) is 0 Å². The van der Waals surface area contributed by atoms with Gasteiger partial charge in [0.05, 0.1) is 6.10 Å². The van der Waals surface area contributed by atoms with Crippen LogP contribution >= 0.6 is 0 Å². The second kappa shape index (κ2) is 3.32. The molecule has 2 atom stereocenters. The molecule has 1 rings (SSSR count). The van der Waals surface area contributed by atoms with Crippen molar-refractivity contribution in [2.45, 2.75) is 6.10 Å². The highest BCUT2D eigenvalue weighted by Gasteiger charge is 2.24. The van der Waals surface area contributed by atoms with Crippen LogP contribution < -0.4 is 5.32 Å². The summed E-state index contributed by atoms with van der Waals surface area (Å²) in [5, 5.41) is 12.5. The van der Waals surface area contributed by atoms with E-state index in [1.165, 1.54) is 0 Å². The monoisotopic (exact) mass is 144 g/mol. The minimum Gasteiger partial charge on any atom is -0.391 e. The van der Waals surface area contributed by atoms with E-state index in [1.807, 2.05) is 14.1 Å². The number of hydrogen-bond acceptors (Lipinski definition) is 3. The maximum Gasteiger partial charge on any atom is 0.0717 e. The van der Waals surface area contributed by atoms with E-state index in [9.17, 15) is 5.11 Å². The third-order valence-corrected chi connectivity index (χ3v) is 1.90. The van der Waals surface area contributed by atoms with Gasteiger partial charge in [-0.3, -0.25) is 0 Å². The van der Waals surface area contributed by atoms with E-state index in [0.717, 1.165) is 19.6 Å². The smallest absolute Gasteiger partial charge is 0.0717 e. The minimum atomic E-state index is -0.137. The Morgan fingerprint density at radius 2 is 2.20 bits per heavy atom. The van der Waals surface area contributed by atoms with E-state index >= 15 is 0 Å². The number of β-amino-alcohol motifs (C(OH)–C–C–N with tert-alkyl or cyclic N) is 1. The molecule has 3 nitrogen and oxygen atoms in total. The van der Waals surface area contributed by atoms with Gasteiger partial charge in [0.1, 0.15) is 0 Å². The zero-order chi connectivity index (χ0) is 7.56. The highest BCUT2D eigenvalue weighted by molar-refractivity contribution is 4.81. The van der Waals surface area contributed by atoms with Gasteiger partial charge in [-0.15, -0.1) is 0 Å². The first-order valence-electron chi connectivity index (χ1n) is 3.73. The van der Waals surface area contributed by atoms with Crippen LogP contribution in [-0.2, 0) is 0 Å². The van der Waals surface area contributed by atoms with Crippen molar-refractivity contribution in [3.05, 3.63) is 0 Å². The molecule has 0 unspecified atom stereocenters. The van der Waals surface area contributed by atoms with E-state index in [4.69, 9.17) is 0 Å². The Morgan fingerprint density at radius 3 is 2.60 bits per heavy atom. The average molecular weight is 144 g/mol. The molecule has 60 valence electrons. The van der Waals surface area contributed by atoms with Crippen molar-refractivity contribution in [2.24, 2.45) is 5.92 Å². The molecule has 0 bridgehead atoms. The molecule has 2 N–H and O–H groups in total. The van der Waals surface area contributed by atoms with Gasteiger partial charge in [0.15, 0.2) is 0 Å². The standard InChI is InChI=1S/C7H16N2O/c1-9(2)5-6-3-8-4-7(6)10/h6-8,10H,3-5H2,1-2H3/t6-,7+/m0/s1. The van der Waals surface area contributed by atoms with E-state index in [2.05, 4.69) is 10.2 Å². The van der Waals surface area contributed by atoms with Gasteiger partial charge in [0, 0.05) is 25.6 Å². The van der Waals surface area contributed by atoms with Crippen molar-refractivity contribution in [1.29, 1.82) is 0 Å². The van der Waals surface area contributed by atoms with E-state index in [1.54, 1.807) is 0 Å². The number of rotatable bonds is 2. The molecule has 10 heavy (non-hydrogen) atoms. The molecule has 0 amide bonds. The van der Waals surface area contributed by atoms with Gasteiger partial charge in [-0.1, -0.05) is 0 Å². The molecular weight excluding hydrogens is 128 g/mol. The third-order valence-electron chi connectivity index (χ3n) is 1.90. The van der Waals surface area contributed by atoms with Gasteiger partial charge < -0.3 is 15.3 Å². The molecule has 1 aliphatic heterocycles. The van der Waals surface area contributed by atoms with E-state index in [0.29, 0.717) is 5.92 Å². The highest BCUT2D eigenvalue weighted by Crippen LogP contribution is 2.08. The molecule has 1 aliphatic rings. The summed E-state index contributed by atoms with van der Waals surface area (Å²) in [6.07, 6.45) is -0.137. The Kier molecular flexibility index (Phi) is 2.65. The summed E-state index contributed by atoms with van der Waals surface area (Å²) in [6.45, 7) is 2.70. The largest absolute Gasteiger partial charge is 0.391 e. The molecule has 1 saturated heterocycles. The van der Waals surface area contributed by atoms with Gasteiger partial charge in [0.2, 0.25) is 0 Å². The lowest BCUT2D eigenvalue weighted by Crippen LogP contribution is -2.29. The fourth-order valence-electron chi connectivity index (χ4n) is 1.37. The first-order valence-corrected chi connectivity index (χ1v) is 3.73. The molecule has 0 aromatic carbocycles. The fourth-order valence-corrected chi connectivity index (χ4v) is 1.37. The first-order chi connectivity index (χ1) is 4.70. The Bertz CT molecular complexity index is 106. The highest BCUT2D eigenvalue weighted by atomic mass is 16.3. The van der Waals surface area contributed by atoms with Crippen LogP contribution in [0.5, 0.6) is 0 Å². The molecule has 3 heteroatoms. The Balaban J connectivity index is 2.26. The molecular formula is C7H16N2O. The molecule has 1 heterocycles. The number of hydrogen-bond donors (Lipinski definition) is 2. The molecule has 0 aliphatic carbocycles. The van der Waals surface area contributed by atoms with Gasteiger partial charge in [-0.05, 0) is 14.1 Å². The predicted octanol–water partition coefficient (Wildman–Crippen LogP) is -0.872. The van der Waals surface area contributed by atoms with Crippen LogP contribution in [0.1, 0.15) is 0 Å². The van der Waals surface area contributed by atoms with Crippen molar-refractivity contribution in [3.63, 3.8) is 0 Å². The van der Waals surface area contributed by atoms with Gasteiger partial charge in [0.25, 0.3) is 0 Å². The molecule has 0 radical (unpaired) electrons. The first kappa shape index (κ1) is 7.98. The minimum absolute atomic E-state index is 0.137. The SMILES string of the molecule is CN(C)C[C@@H]1CNC[C@H]1O. The number of aliphatic hydroxyl groups excluding tert-OH is 1. The quantitative estimate of drug-likeness (QED) is 0.529. The summed E-state index contributed by atoms with van der Waals surface area (Å²) in [4.78, 5) is 2.11. The normalized spacial score (nSPS) is 33.6. The van der Waals surface area contributed by atoms with Crippen molar-refractivity contribution < 1.29 is 5.11 Å². The summed E-state index contributed by atoms with van der Waals surface area (Å²) in [5.41, 5.74) is 0. The second-order valence-corrected chi connectivity index (χ2v) is 3.25. The molecule has 1 fully saturated rings. The van der Waals surface area contributed by atoms with Crippen molar-refractivity contribution in [3.8, 4) is 0 Å². The maximum atomic E-state index is 9.35. The number of nitrogens with one attached hydrogen (secondary N) is 1. The second-order valence-electron chi connectivity index (χ2n) is 3.25. The van der Waals surface area contributed by atoms with E-state index in [-0.39, 0.29) is 6.10 Å². The summed E-state index contributed by atoms with van der Waals surface area (Å²) >= 11 is 0. The number of nitrogens with zero attached hydrogens (tertiary/aromatic N) is 1. The van der Waals surface area contributed by atoms with Gasteiger partial charge >= 0.3 is 0 Å². The van der Waals surface area contributed by atoms with Crippen molar-refractivity contribution in [2.75, 3.05) is 33.7 Å². The maximum absolute atomic E-state index is 9.35. The van der Waals surface area contributed by atoms with Crippen molar-refractivity contribution >= 4 is 0 Å². The van der Waals surface area contributed by atoms with Crippen LogP contribution in [0.3, 0.4) is 0 Å². The van der Waals surface area contributed by atoms with Crippen LogP contribution in [-0.4, -0.2) is 49.8 Å². The Morgan fingerprint density at radius 1 is 1.50 bits per heavy atom. The number of aliphatic hydroxyl groups is 1. The molecule has 0 saturated carbocycles. The van der Waals surface area contributed by atoms with Gasteiger partial charge in [-0.2, -0.15) is 0 Å². The lowest BCUT2D eigenvalue weighted by Gasteiger charge is -2.17. The fraction of sp³-hybridized carbons (Fsp3) is 1.00. The Hall–Kier alpha value is -0.120. The van der Waals surface area contributed by atoms with Crippen LogP contribution in [0.2, 0.25) is 0 Å². The molecule has 0 spiro atoms. The predicted molar refractivity (Wildman–Crippen MR) is 40.9 cm³/mol.